The van der Waals surface area contributed by atoms with Crippen LogP contribution in [-0.2, 0) is 9.53 Å². The fourth-order valence-corrected chi connectivity index (χ4v) is 4.82. The Bertz CT molecular complexity index is 555. The molecule has 3 rings (SSSR count). The number of hydrogen-bond donors (Lipinski definition) is 0. The predicted molar refractivity (Wildman–Crippen MR) is 114 cm³/mol. The molecule has 166 valence electrons. The lowest BCUT2D eigenvalue weighted by Gasteiger charge is -2.42. The normalized spacial score (nSPS) is 23.4. The Morgan fingerprint density at radius 2 is 1.52 bits per heavy atom. The molecule has 0 unspecified atom stereocenters. The topological polar surface area (TPSA) is 56.3 Å². The van der Waals surface area contributed by atoms with E-state index in [9.17, 15) is 9.59 Å². The average Bonchev–Trinajstić information content (AvgIpc) is 3.19. The molecule has 29 heavy (non-hydrogen) atoms. The maximum atomic E-state index is 13.0. The van der Waals surface area contributed by atoms with E-state index in [1.165, 1.54) is 12.8 Å². The minimum absolute atomic E-state index is 0.0609. The second kappa shape index (κ2) is 9.65. The van der Waals surface area contributed by atoms with E-state index in [2.05, 4.69) is 16.8 Å². The van der Waals surface area contributed by atoms with Gasteiger partial charge in [-0.1, -0.05) is 12.8 Å². The van der Waals surface area contributed by atoms with E-state index in [1.54, 1.807) is 4.90 Å². The molecule has 3 aliphatic rings. The van der Waals surface area contributed by atoms with Crippen molar-refractivity contribution in [1.29, 1.82) is 0 Å². The van der Waals surface area contributed by atoms with Crippen molar-refractivity contribution in [2.24, 2.45) is 0 Å². The molecule has 0 N–H and O–H groups in total. The SMILES string of the molecule is CN1CCC(N2CCN(C(=O)CN(C(=O)OC(C)(C)C)C3CCCC3)CC2)CC1. The molecule has 1 aliphatic carbocycles. The molecule has 0 radical (unpaired) electrons. The molecule has 2 aliphatic heterocycles. The van der Waals surface area contributed by atoms with Gasteiger partial charge in [0.2, 0.25) is 5.91 Å². The van der Waals surface area contributed by atoms with Crippen molar-refractivity contribution < 1.29 is 14.3 Å². The van der Waals surface area contributed by atoms with E-state index in [-0.39, 0.29) is 24.6 Å². The zero-order chi connectivity index (χ0) is 21.0. The van der Waals surface area contributed by atoms with Gasteiger partial charge in [-0.3, -0.25) is 14.6 Å². The van der Waals surface area contributed by atoms with Gasteiger partial charge in [0.15, 0.2) is 0 Å². The number of carbonyl (C=O) groups excluding carboxylic acids is 2. The first kappa shape index (κ1) is 22.3. The second-order valence-electron chi connectivity index (χ2n) is 10.00. The van der Waals surface area contributed by atoms with Gasteiger partial charge in [0.05, 0.1) is 0 Å². The number of rotatable bonds is 4. The summed E-state index contributed by atoms with van der Waals surface area (Å²) in [7, 11) is 2.19. The highest BCUT2D eigenvalue weighted by Gasteiger charge is 2.34. The summed E-state index contributed by atoms with van der Waals surface area (Å²) in [5.41, 5.74) is -0.545. The molecule has 1 saturated carbocycles. The highest BCUT2D eigenvalue weighted by Crippen LogP contribution is 2.25. The van der Waals surface area contributed by atoms with Crippen LogP contribution >= 0.6 is 0 Å². The number of carbonyl (C=O) groups is 2. The van der Waals surface area contributed by atoms with Crippen LogP contribution in [-0.4, -0.2) is 102 Å². The van der Waals surface area contributed by atoms with Crippen molar-refractivity contribution in [1.82, 2.24) is 19.6 Å². The summed E-state index contributed by atoms with van der Waals surface area (Å²) in [6.45, 7) is 11.5. The van der Waals surface area contributed by atoms with Gasteiger partial charge in [0.1, 0.15) is 12.1 Å². The lowest BCUT2D eigenvalue weighted by atomic mass is 10.0. The molecule has 0 atom stereocenters. The largest absolute Gasteiger partial charge is 0.444 e. The van der Waals surface area contributed by atoms with Crippen molar-refractivity contribution in [2.75, 3.05) is 52.9 Å². The smallest absolute Gasteiger partial charge is 0.411 e. The van der Waals surface area contributed by atoms with Crippen molar-refractivity contribution in [2.45, 2.75) is 77.0 Å². The summed E-state index contributed by atoms with van der Waals surface area (Å²) in [6, 6.07) is 0.787. The number of piperidine rings is 1. The Morgan fingerprint density at radius 1 is 0.931 bits per heavy atom. The monoisotopic (exact) mass is 408 g/mol. The highest BCUT2D eigenvalue weighted by molar-refractivity contribution is 5.82. The number of piperazine rings is 1. The van der Waals surface area contributed by atoms with Gasteiger partial charge in [-0.25, -0.2) is 4.79 Å². The zero-order valence-corrected chi connectivity index (χ0v) is 18.9. The number of ether oxygens (including phenoxy) is 1. The molecule has 2 saturated heterocycles. The Kier molecular flexibility index (Phi) is 7.43. The van der Waals surface area contributed by atoms with E-state index < -0.39 is 5.60 Å². The number of hydrogen-bond acceptors (Lipinski definition) is 5. The average molecular weight is 409 g/mol. The van der Waals surface area contributed by atoms with Gasteiger partial charge in [0.25, 0.3) is 0 Å². The second-order valence-corrected chi connectivity index (χ2v) is 10.00. The molecule has 0 aromatic rings. The summed E-state index contributed by atoms with van der Waals surface area (Å²) in [4.78, 5) is 34.4. The molecule has 7 heteroatoms. The third kappa shape index (κ3) is 6.32. The Balaban J connectivity index is 1.52. The lowest BCUT2D eigenvalue weighted by molar-refractivity contribution is -0.135. The number of likely N-dealkylation sites (tertiary alicyclic amines) is 1. The van der Waals surface area contributed by atoms with E-state index in [1.807, 2.05) is 25.7 Å². The van der Waals surface area contributed by atoms with Crippen LogP contribution in [0.3, 0.4) is 0 Å². The summed E-state index contributed by atoms with van der Waals surface area (Å²) < 4.78 is 5.61. The van der Waals surface area contributed by atoms with Crippen LogP contribution in [0.15, 0.2) is 0 Å². The summed E-state index contributed by atoms with van der Waals surface area (Å²) >= 11 is 0. The van der Waals surface area contributed by atoms with Crippen LogP contribution in [0.1, 0.15) is 59.3 Å². The van der Waals surface area contributed by atoms with Crippen molar-refractivity contribution in [3.63, 3.8) is 0 Å². The maximum absolute atomic E-state index is 13.0. The standard InChI is InChI=1S/C22H40N4O3/c1-22(2,3)29-21(28)26(19-7-5-6-8-19)17-20(27)25-15-13-24(14-16-25)18-9-11-23(4)12-10-18/h18-19H,5-17H2,1-4H3. The minimum Gasteiger partial charge on any atom is -0.444 e. The maximum Gasteiger partial charge on any atom is 0.411 e. The van der Waals surface area contributed by atoms with Crippen molar-refractivity contribution >= 4 is 12.0 Å². The molecule has 2 heterocycles. The van der Waals surface area contributed by atoms with Crippen molar-refractivity contribution in [3.8, 4) is 0 Å². The van der Waals surface area contributed by atoms with Gasteiger partial charge in [-0.05, 0) is 66.6 Å². The van der Waals surface area contributed by atoms with Gasteiger partial charge >= 0.3 is 6.09 Å². The van der Waals surface area contributed by atoms with Gasteiger partial charge in [0, 0.05) is 38.3 Å². The Morgan fingerprint density at radius 3 is 2.07 bits per heavy atom. The molecule has 0 bridgehead atoms. The zero-order valence-electron chi connectivity index (χ0n) is 18.9. The van der Waals surface area contributed by atoms with E-state index in [0.717, 1.165) is 65.0 Å². The fourth-order valence-electron chi connectivity index (χ4n) is 4.82. The Labute approximate surface area is 176 Å². The number of nitrogens with zero attached hydrogens (tertiary/aromatic N) is 4. The minimum atomic E-state index is -0.545. The van der Waals surface area contributed by atoms with Crippen LogP contribution in [0, 0.1) is 0 Å². The third-order valence-corrected chi connectivity index (χ3v) is 6.57. The molecular weight excluding hydrogens is 368 g/mol. The summed E-state index contributed by atoms with van der Waals surface area (Å²) in [5, 5.41) is 0. The molecule has 0 aromatic carbocycles. The Hall–Kier alpha value is -1.34. The van der Waals surface area contributed by atoms with Gasteiger partial charge < -0.3 is 14.5 Å². The first-order valence-electron chi connectivity index (χ1n) is 11.4. The lowest BCUT2D eigenvalue weighted by Crippen LogP contribution is -2.56. The van der Waals surface area contributed by atoms with Crippen LogP contribution in [0.2, 0.25) is 0 Å². The first-order chi connectivity index (χ1) is 13.7. The van der Waals surface area contributed by atoms with Crippen LogP contribution in [0.25, 0.3) is 0 Å². The van der Waals surface area contributed by atoms with E-state index in [4.69, 9.17) is 4.74 Å². The van der Waals surface area contributed by atoms with Crippen LogP contribution < -0.4 is 0 Å². The molecule has 0 aromatic heterocycles. The quantitative estimate of drug-likeness (QED) is 0.715. The van der Waals surface area contributed by atoms with Crippen molar-refractivity contribution in [3.05, 3.63) is 0 Å². The van der Waals surface area contributed by atoms with Gasteiger partial charge in [-0.2, -0.15) is 0 Å². The van der Waals surface area contributed by atoms with Gasteiger partial charge in [-0.15, -0.1) is 0 Å². The molecule has 2 amide bonds. The first-order valence-corrected chi connectivity index (χ1v) is 11.4. The van der Waals surface area contributed by atoms with E-state index >= 15 is 0 Å². The van der Waals surface area contributed by atoms with E-state index in [0.29, 0.717) is 6.04 Å². The predicted octanol–water partition coefficient (Wildman–Crippen LogP) is 2.40. The fraction of sp³-hybridized carbons (Fsp3) is 0.909. The molecule has 7 nitrogen and oxygen atoms in total. The molecule has 0 spiro atoms. The summed E-state index contributed by atoms with van der Waals surface area (Å²) in [5.74, 6) is 0.0609. The van der Waals surface area contributed by atoms with Crippen LogP contribution in [0.4, 0.5) is 4.79 Å². The highest BCUT2D eigenvalue weighted by atomic mass is 16.6. The molecule has 3 fully saturated rings. The summed E-state index contributed by atoms with van der Waals surface area (Å²) in [6.07, 6.45) is 6.27. The molecular formula is C22H40N4O3. The number of amides is 2. The van der Waals surface area contributed by atoms with Crippen LogP contribution in [0.5, 0.6) is 0 Å². The third-order valence-electron chi connectivity index (χ3n) is 6.57.